The summed E-state index contributed by atoms with van der Waals surface area (Å²) in [7, 11) is 0. The monoisotopic (exact) mass is 229 g/mol. The highest BCUT2D eigenvalue weighted by atomic mass is 32.1. The fourth-order valence-electron chi connectivity index (χ4n) is 1.40. The third kappa shape index (κ3) is 4.46. The summed E-state index contributed by atoms with van der Waals surface area (Å²) in [6, 6.07) is 0.437. The van der Waals surface area contributed by atoms with Gasteiger partial charge >= 0.3 is 6.03 Å². The summed E-state index contributed by atoms with van der Waals surface area (Å²) in [6.45, 7) is 3.42. The van der Waals surface area contributed by atoms with E-state index in [4.69, 9.17) is 18.0 Å². The number of amides is 2. The molecule has 4 nitrogen and oxygen atoms in total. The Balaban J connectivity index is 2.35. The average molecular weight is 229 g/mol. The zero-order chi connectivity index (χ0) is 11.3. The summed E-state index contributed by atoms with van der Waals surface area (Å²) in [6.07, 6.45) is 3.79. The molecule has 0 atom stereocenters. The molecule has 1 saturated carbocycles. The van der Waals surface area contributed by atoms with Gasteiger partial charge in [-0.2, -0.15) is 0 Å². The van der Waals surface area contributed by atoms with Crippen LogP contribution in [-0.2, 0) is 0 Å². The van der Waals surface area contributed by atoms with Gasteiger partial charge in [-0.3, -0.25) is 0 Å². The Morgan fingerprint density at radius 2 is 2.27 bits per heavy atom. The van der Waals surface area contributed by atoms with Gasteiger partial charge in [0.2, 0.25) is 0 Å². The van der Waals surface area contributed by atoms with E-state index in [-0.39, 0.29) is 6.03 Å². The second kappa shape index (κ2) is 5.90. The van der Waals surface area contributed by atoms with E-state index >= 15 is 0 Å². The van der Waals surface area contributed by atoms with Crippen molar-refractivity contribution in [2.24, 2.45) is 5.73 Å². The van der Waals surface area contributed by atoms with Gasteiger partial charge in [0.1, 0.15) is 0 Å². The fourth-order valence-corrected chi connectivity index (χ4v) is 1.49. The number of nitrogens with one attached hydrogen (secondary N) is 1. The Labute approximate surface area is 96.2 Å². The lowest BCUT2D eigenvalue weighted by atomic mass is 10.3. The highest BCUT2D eigenvalue weighted by Crippen LogP contribution is 2.26. The smallest absolute Gasteiger partial charge is 0.317 e. The third-order valence-corrected chi connectivity index (χ3v) is 2.58. The third-order valence-electron chi connectivity index (χ3n) is 2.37. The van der Waals surface area contributed by atoms with Crippen LogP contribution in [0.1, 0.15) is 32.6 Å². The van der Waals surface area contributed by atoms with Crippen LogP contribution in [0.2, 0.25) is 0 Å². The van der Waals surface area contributed by atoms with Crippen LogP contribution in [0.3, 0.4) is 0 Å². The van der Waals surface area contributed by atoms with Crippen molar-refractivity contribution in [1.82, 2.24) is 10.2 Å². The van der Waals surface area contributed by atoms with Gasteiger partial charge in [0.05, 0.1) is 4.99 Å². The lowest BCUT2D eigenvalue weighted by Crippen LogP contribution is -2.43. The van der Waals surface area contributed by atoms with E-state index in [0.29, 0.717) is 24.0 Å². The first kappa shape index (κ1) is 12.2. The lowest BCUT2D eigenvalue weighted by molar-refractivity contribution is 0.196. The number of hydrogen-bond acceptors (Lipinski definition) is 2. The molecule has 0 saturated heterocycles. The first-order valence-corrected chi connectivity index (χ1v) is 5.88. The molecule has 0 radical (unpaired) electrons. The molecule has 0 aromatic rings. The number of thiocarbonyl (C=S) groups is 1. The van der Waals surface area contributed by atoms with Crippen LogP contribution >= 0.6 is 12.2 Å². The molecule has 3 N–H and O–H groups in total. The summed E-state index contributed by atoms with van der Waals surface area (Å²) in [4.78, 5) is 14.1. The zero-order valence-electron chi connectivity index (χ0n) is 9.16. The number of nitrogens with zero attached hydrogens (tertiary/aromatic N) is 1. The van der Waals surface area contributed by atoms with Gasteiger partial charge in [-0.1, -0.05) is 19.1 Å². The highest BCUT2D eigenvalue weighted by Gasteiger charge is 2.31. The molecule has 0 bridgehead atoms. The average Bonchev–Trinajstić information content (AvgIpc) is 2.98. The van der Waals surface area contributed by atoms with Crippen LogP contribution in [0.15, 0.2) is 0 Å². The van der Waals surface area contributed by atoms with Crippen LogP contribution in [0.5, 0.6) is 0 Å². The van der Waals surface area contributed by atoms with Crippen LogP contribution in [-0.4, -0.2) is 35.1 Å². The molecule has 0 aromatic heterocycles. The van der Waals surface area contributed by atoms with Crippen molar-refractivity contribution in [3.05, 3.63) is 0 Å². The van der Waals surface area contributed by atoms with Gasteiger partial charge in [-0.25, -0.2) is 4.79 Å². The summed E-state index contributed by atoms with van der Waals surface area (Å²) in [5.41, 5.74) is 5.43. The second-order valence-electron chi connectivity index (χ2n) is 3.87. The quantitative estimate of drug-likeness (QED) is 0.674. The van der Waals surface area contributed by atoms with E-state index in [0.717, 1.165) is 25.8 Å². The molecular formula is C10H19N3OS. The van der Waals surface area contributed by atoms with E-state index in [1.165, 1.54) is 0 Å². The van der Waals surface area contributed by atoms with Crippen molar-refractivity contribution in [1.29, 1.82) is 0 Å². The molecular weight excluding hydrogens is 210 g/mol. The van der Waals surface area contributed by atoms with Crippen LogP contribution in [0.25, 0.3) is 0 Å². The van der Waals surface area contributed by atoms with Crippen molar-refractivity contribution < 1.29 is 4.79 Å². The van der Waals surface area contributed by atoms with Gasteiger partial charge < -0.3 is 16.0 Å². The largest absolute Gasteiger partial charge is 0.393 e. The van der Waals surface area contributed by atoms with Crippen molar-refractivity contribution in [2.45, 2.75) is 38.6 Å². The number of nitrogens with two attached hydrogens (primary N) is 1. The summed E-state index contributed by atoms with van der Waals surface area (Å²) in [5.74, 6) is 0. The maximum absolute atomic E-state index is 11.7. The highest BCUT2D eigenvalue weighted by molar-refractivity contribution is 7.80. The first-order valence-electron chi connectivity index (χ1n) is 5.48. The minimum absolute atomic E-state index is 0.0237. The minimum atomic E-state index is 0.0237. The number of urea groups is 1. The van der Waals surface area contributed by atoms with Crippen molar-refractivity contribution in [2.75, 3.05) is 13.1 Å². The first-order chi connectivity index (χ1) is 7.15. The van der Waals surface area contributed by atoms with Gasteiger partial charge in [-0.15, -0.1) is 0 Å². The minimum Gasteiger partial charge on any atom is -0.393 e. The summed E-state index contributed by atoms with van der Waals surface area (Å²) < 4.78 is 0. The molecule has 0 aromatic carbocycles. The second-order valence-corrected chi connectivity index (χ2v) is 4.40. The molecule has 1 fully saturated rings. The molecule has 1 rings (SSSR count). The number of carbonyl (C=O) groups excluding carboxylic acids is 1. The standard InChI is InChI=1S/C10H19N3OS/c1-2-6-12-10(14)13(8-3-4-8)7-5-9(11)15/h8H,2-7H2,1H3,(H2,11,15)(H,12,14). The van der Waals surface area contributed by atoms with Gasteiger partial charge in [-0.05, 0) is 19.3 Å². The normalized spacial score (nSPS) is 14.7. The Morgan fingerprint density at radius 1 is 1.60 bits per heavy atom. The molecule has 15 heavy (non-hydrogen) atoms. The van der Waals surface area contributed by atoms with E-state index in [2.05, 4.69) is 5.32 Å². The molecule has 1 aliphatic carbocycles. The van der Waals surface area contributed by atoms with E-state index in [1.807, 2.05) is 11.8 Å². The number of carbonyl (C=O) groups is 1. The van der Waals surface area contributed by atoms with E-state index < -0.39 is 0 Å². The Kier molecular flexibility index (Phi) is 4.81. The van der Waals surface area contributed by atoms with Gasteiger partial charge in [0.25, 0.3) is 0 Å². The van der Waals surface area contributed by atoms with E-state index in [1.54, 1.807) is 0 Å². The van der Waals surface area contributed by atoms with Crippen LogP contribution in [0.4, 0.5) is 4.79 Å². The molecule has 5 heteroatoms. The van der Waals surface area contributed by atoms with Gasteiger partial charge in [0, 0.05) is 25.6 Å². The molecule has 0 heterocycles. The van der Waals surface area contributed by atoms with Crippen LogP contribution in [0, 0.1) is 0 Å². The Bertz CT molecular complexity index is 241. The predicted molar refractivity (Wildman–Crippen MR) is 64.8 cm³/mol. The maximum Gasteiger partial charge on any atom is 0.317 e. The molecule has 0 aliphatic heterocycles. The summed E-state index contributed by atoms with van der Waals surface area (Å²) in [5, 5.41) is 2.88. The summed E-state index contributed by atoms with van der Waals surface area (Å²) >= 11 is 4.81. The van der Waals surface area contributed by atoms with E-state index in [9.17, 15) is 4.79 Å². The van der Waals surface area contributed by atoms with Crippen molar-refractivity contribution in [3.8, 4) is 0 Å². The molecule has 0 unspecified atom stereocenters. The predicted octanol–water partition coefficient (Wildman–Crippen LogP) is 1.25. The number of rotatable bonds is 6. The molecule has 1 aliphatic rings. The zero-order valence-corrected chi connectivity index (χ0v) is 9.98. The Hall–Kier alpha value is -0.840. The van der Waals surface area contributed by atoms with Crippen LogP contribution < -0.4 is 11.1 Å². The SMILES string of the molecule is CCCNC(=O)N(CCC(N)=S)C1CC1. The number of hydrogen-bond donors (Lipinski definition) is 2. The lowest BCUT2D eigenvalue weighted by Gasteiger charge is -2.22. The van der Waals surface area contributed by atoms with Crippen molar-refractivity contribution >= 4 is 23.2 Å². The molecule has 86 valence electrons. The fraction of sp³-hybridized carbons (Fsp3) is 0.800. The topological polar surface area (TPSA) is 58.4 Å². The molecule has 0 spiro atoms. The molecule has 2 amide bonds. The van der Waals surface area contributed by atoms with Crippen molar-refractivity contribution in [3.63, 3.8) is 0 Å². The maximum atomic E-state index is 11.7. The Morgan fingerprint density at radius 3 is 2.73 bits per heavy atom. The van der Waals surface area contributed by atoms with Gasteiger partial charge in [0.15, 0.2) is 0 Å².